The standard InChI is InChI=1S/C15H20N2O4/c1-3-9(2)13(15(19)20)17-14(18)12-8-16-10-6-4-5-7-11(10)21-12/h4-7,9,12-13,16H,3,8H2,1-2H3,(H,17,18)(H,19,20)/t9-,12?,13-/m0/s1. The zero-order chi connectivity index (χ0) is 15.4. The van der Waals surface area contributed by atoms with Crippen molar-refractivity contribution in [3.63, 3.8) is 0 Å². The van der Waals surface area contributed by atoms with Crippen LogP contribution in [0.2, 0.25) is 0 Å². The summed E-state index contributed by atoms with van der Waals surface area (Å²) in [6.45, 7) is 4.01. The van der Waals surface area contributed by atoms with Gasteiger partial charge in [-0.15, -0.1) is 0 Å². The third-order valence-electron chi connectivity index (χ3n) is 3.70. The number of fused-ring (bicyclic) bond motifs is 1. The molecule has 1 aromatic rings. The summed E-state index contributed by atoms with van der Waals surface area (Å²) in [6.07, 6.45) is -0.0602. The lowest BCUT2D eigenvalue weighted by molar-refractivity contribution is -0.144. The number of aliphatic carboxylic acids is 1. The van der Waals surface area contributed by atoms with E-state index < -0.39 is 24.0 Å². The van der Waals surface area contributed by atoms with Crippen molar-refractivity contribution in [1.82, 2.24) is 5.32 Å². The molecule has 0 radical (unpaired) electrons. The van der Waals surface area contributed by atoms with Crippen molar-refractivity contribution in [3.05, 3.63) is 24.3 Å². The highest BCUT2D eigenvalue weighted by Gasteiger charge is 2.31. The fraction of sp³-hybridized carbons (Fsp3) is 0.467. The monoisotopic (exact) mass is 292 g/mol. The van der Waals surface area contributed by atoms with E-state index in [2.05, 4.69) is 10.6 Å². The number of hydrogen-bond donors (Lipinski definition) is 3. The second-order valence-electron chi connectivity index (χ2n) is 5.19. The van der Waals surface area contributed by atoms with Gasteiger partial charge in [0.15, 0.2) is 6.10 Å². The molecule has 1 unspecified atom stereocenters. The lowest BCUT2D eigenvalue weighted by atomic mass is 9.99. The SMILES string of the molecule is CC[C@H](C)[C@H](NC(=O)C1CNc2ccccc2O1)C(=O)O. The number of rotatable bonds is 5. The van der Waals surface area contributed by atoms with Crippen molar-refractivity contribution < 1.29 is 19.4 Å². The van der Waals surface area contributed by atoms with Crippen LogP contribution in [0.15, 0.2) is 24.3 Å². The van der Waals surface area contributed by atoms with Crippen LogP contribution in [0.5, 0.6) is 5.75 Å². The molecule has 1 amide bonds. The van der Waals surface area contributed by atoms with Crippen LogP contribution in [-0.4, -0.2) is 35.7 Å². The summed E-state index contributed by atoms with van der Waals surface area (Å²) < 4.78 is 5.62. The number of para-hydroxylation sites is 2. The van der Waals surface area contributed by atoms with Crippen LogP contribution in [0.3, 0.4) is 0 Å². The number of benzene rings is 1. The average Bonchev–Trinajstić information content (AvgIpc) is 2.50. The molecule has 1 aliphatic heterocycles. The van der Waals surface area contributed by atoms with Gasteiger partial charge in [-0.2, -0.15) is 0 Å². The van der Waals surface area contributed by atoms with E-state index in [1.165, 1.54) is 0 Å². The number of hydrogen-bond acceptors (Lipinski definition) is 4. The van der Waals surface area contributed by atoms with Crippen LogP contribution >= 0.6 is 0 Å². The number of amides is 1. The molecule has 0 saturated heterocycles. The van der Waals surface area contributed by atoms with Crippen LogP contribution in [-0.2, 0) is 9.59 Å². The highest BCUT2D eigenvalue weighted by molar-refractivity contribution is 5.87. The number of carbonyl (C=O) groups is 2. The first-order chi connectivity index (χ1) is 10.0. The van der Waals surface area contributed by atoms with Crippen molar-refractivity contribution in [2.24, 2.45) is 5.92 Å². The fourth-order valence-corrected chi connectivity index (χ4v) is 2.19. The van der Waals surface area contributed by atoms with E-state index >= 15 is 0 Å². The van der Waals surface area contributed by atoms with Gasteiger partial charge in [0.1, 0.15) is 11.8 Å². The Balaban J connectivity index is 2.03. The van der Waals surface area contributed by atoms with E-state index in [0.29, 0.717) is 18.7 Å². The molecule has 21 heavy (non-hydrogen) atoms. The van der Waals surface area contributed by atoms with Gasteiger partial charge < -0.3 is 20.5 Å². The van der Waals surface area contributed by atoms with Gasteiger partial charge in [-0.25, -0.2) is 4.79 Å². The largest absolute Gasteiger partial charge is 0.480 e. The average molecular weight is 292 g/mol. The molecule has 0 bridgehead atoms. The van der Waals surface area contributed by atoms with Gasteiger partial charge in [-0.3, -0.25) is 4.79 Å². The molecule has 2 rings (SSSR count). The third-order valence-corrected chi connectivity index (χ3v) is 3.70. The fourth-order valence-electron chi connectivity index (χ4n) is 2.19. The second-order valence-corrected chi connectivity index (χ2v) is 5.19. The highest BCUT2D eigenvalue weighted by atomic mass is 16.5. The number of carboxylic acids is 1. The molecule has 6 heteroatoms. The first kappa shape index (κ1) is 15.2. The Hall–Kier alpha value is -2.24. The van der Waals surface area contributed by atoms with Crippen molar-refractivity contribution in [1.29, 1.82) is 0 Å². The summed E-state index contributed by atoms with van der Waals surface area (Å²) in [7, 11) is 0. The number of ether oxygens (including phenoxy) is 1. The second kappa shape index (κ2) is 6.47. The molecule has 3 N–H and O–H groups in total. The summed E-state index contributed by atoms with van der Waals surface area (Å²) in [5.74, 6) is -0.985. The first-order valence-electron chi connectivity index (χ1n) is 7.05. The van der Waals surface area contributed by atoms with Gasteiger partial charge in [0.25, 0.3) is 5.91 Å². The molecule has 6 nitrogen and oxygen atoms in total. The van der Waals surface area contributed by atoms with Crippen molar-refractivity contribution in [2.75, 3.05) is 11.9 Å². The normalized spacial score (nSPS) is 19.4. The molecule has 1 aliphatic rings. The molecule has 0 aromatic heterocycles. The lowest BCUT2D eigenvalue weighted by Crippen LogP contribution is -2.52. The topological polar surface area (TPSA) is 87.7 Å². The minimum atomic E-state index is -1.03. The molecule has 3 atom stereocenters. The van der Waals surface area contributed by atoms with Gasteiger partial charge >= 0.3 is 5.97 Å². The van der Waals surface area contributed by atoms with E-state index in [-0.39, 0.29) is 5.92 Å². The first-order valence-corrected chi connectivity index (χ1v) is 7.05. The Kier molecular flexibility index (Phi) is 4.67. The molecule has 0 aliphatic carbocycles. The summed E-state index contributed by atoms with van der Waals surface area (Å²) in [5.41, 5.74) is 0.832. The molecular formula is C15H20N2O4. The van der Waals surface area contributed by atoms with E-state index in [1.807, 2.05) is 25.1 Å². The number of anilines is 1. The lowest BCUT2D eigenvalue weighted by Gasteiger charge is -2.28. The Morgan fingerprint density at radius 1 is 1.48 bits per heavy atom. The quantitative estimate of drug-likeness (QED) is 0.765. The molecule has 1 heterocycles. The Morgan fingerprint density at radius 3 is 2.86 bits per heavy atom. The molecule has 0 saturated carbocycles. The van der Waals surface area contributed by atoms with Gasteiger partial charge in [-0.05, 0) is 18.1 Å². The van der Waals surface area contributed by atoms with E-state index in [9.17, 15) is 14.7 Å². The Labute approximate surface area is 123 Å². The minimum absolute atomic E-state index is 0.143. The van der Waals surface area contributed by atoms with Crippen LogP contribution in [0.4, 0.5) is 5.69 Å². The van der Waals surface area contributed by atoms with Crippen LogP contribution in [0.25, 0.3) is 0 Å². The van der Waals surface area contributed by atoms with Crippen molar-refractivity contribution >= 4 is 17.6 Å². The number of carboxylic acid groups (broad SMARTS) is 1. The Bertz CT molecular complexity index is 532. The number of nitrogens with one attached hydrogen (secondary N) is 2. The Morgan fingerprint density at radius 2 is 2.19 bits per heavy atom. The summed E-state index contributed by atoms with van der Waals surface area (Å²) in [5, 5.41) is 14.9. The highest BCUT2D eigenvalue weighted by Crippen LogP contribution is 2.28. The van der Waals surface area contributed by atoms with Gasteiger partial charge in [0.2, 0.25) is 0 Å². The number of carbonyl (C=O) groups excluding carboxylic acids is 1. The van der Waals surface area contributed by atoms with Crippen molar-refractivity contribution in [3.8, 4) is 5.75 Å². The maximum absolute atomic E-state index is 12.2. The molecular weight excluding hydrogens is 272 g/mol. The van der Waals surface area contributed by atoms with Crippen LogP contribution in [0.1, 0.15) is 20.3 Å². The minimum Gasteiger partial charge on any atom is -0.480 e. The molecule has 0 fully saturated rings. The third kappa shape index (κ3) is 3.45. The van der Waals surface area contributed by atoms with Gasteiger partial charge in [-0.1, -0.05) is 32.4 Å². The van der Waals surface area contributed by atoms with Gasteiger partial charge in [0, 0.05) is 0 Å². The molecule has 0 spiro atoms. The van der Waals surface area contributed by atoms with Gasteiger partial charge in [0.05, 0.1) is 12.2 Å². The van der Waals surface area contributed by atoms with Crippen LogP contribution in [0, 0.1) is 5.92 Å². The zero-order valence-electron chi connectivity index (χ0n) is 12.1. The maximum Gasteiger partial charge on any atom is 0.326 e. The summed E-state index contributed by atoms with van der Waals surface area (Å²) in [4.78, 5) is 23.4. The molecule has 1 aromatic carbocycles. The maximum atomic E-state index is 12.2. The summed E-state index contributed by atoms with van der Waals surface area (Å²) >= 11 is 0. The van der Waals surface area contributed by atoms with Crippen LogP contribution < -0.4 is 15.4 Å². The van der Waals surface area contributed by atoms with E-state index in [0.717, 1.165) is 5.69 Å². The zero-order valence-corrected chi connectivity index (χ0v) is 12.1. The van der Waals surface area contributed by atoms with Crippen molar-refractivity contribution in [2.45, 2.75) is 32.4 Å². The summed E-state index contributed by atoms with van der Waals surface area (Å²) in [6, 6.07) is 6.43. The smallest absolute Gasteiger partial charge is 0.326 e. The van der Waals surface area contributed by atoms with E-state index in [1.54, 1.807) is 13.0 Å². The predicted molar refractivity (Wildman–Crippen MR) is 78.4 cm³/mol. The molecule has 114 valence electrons. The van der Waals surface area contributed by atoms with E-state index in [4.69, 9.17) is 4.74 Å². The predicted octanol–water partition coefficient (Wildman–Crippen LogP) is 1.47.